The largest absolute Gasteiger partial charge is 0.342 e. The fourth-order valence-electron chi connectivity index (χ4n) is 3.10. The van der Waals surface area contributed by atoms with Crippen molar-refractivity contribution in [2.45, 2.75) is 38.8 Å². The molecule has 1 fully saturated rings. The number of rotatable bonds is 7. The first-order chi connectivity index (χ1) is 11.9. The van der Waals surface area contributed by atoms with Crippen molar-refractivity contribution < 1.29 is 4.39 Å². The van der Waals surface area contributed by atoms with E-state index >= 15 is 4.39 Å². The van der Waals surface area contributed by atoms with Crippen LogP contribution in [0.15, 0.2) is 65.6 Å². The van der Waals surface area contributed by atoms with Gasteiger partial charge in [-0.15, -0.1) is 0 Å². The van der Waals surface area contributed by atoms with Crippen molar-refractivity contribution in [1.82, 2.24) is 10.2 Å². The van der Waals surface area contributed by atoms with Crippen molar-refractivity contribution >= 4 is 6.21 Å². The maximum atomic E-state index is 15.2. The molecule has 3 nitrogen and oxygen atoms in total. The van der Waals surface area contributed by atoms with Crippen molar-refractivity contribution in [3.05, 3.63) is 60.6 Å². The van der Waals surface area contributed by atoms with Crippen LogP contribution in [0.4, 0.5) is 4.39 Å². The minimum atomic E-state index is -1.35. The number of allylic oxidation sites excluding steroid dienone is 7. The van der Waals surface area contributed by atoms with Crippen LogP contribution in [0, 0.1) is 5.92 Å². The van der Waals surface area contributed by atoms with Crippen LogP contribution >= 0.6 is 0 Å². The number of hydrogen-bond acceptors (Lipinski definition) is 3. The highest BCUT2D eigenvalue weighted by Gasteiger charge is 2.37. The highest BCUT2D eigenvalue weighted by molar-refractivity contribution is 5.81. The van der Waals surface area contributed by atoms with Crippen LogP contribution < -0.4 is 5.32 Å². The second-order valence-corrected chi connectivity index (χ2v) is 7.18. The highest BCUT2D eigenvalue weighted by Crippen LogP contribution is 2.32. The van der Waals surface area contributed by atoms with Gasteiger partial charge in [-0.2, -0.15) is 0 Å². The van der Waals surface area contributed by atoms with Gasteiger partial charge in [-0.25, -0.2) is 9.38 Å². The van der Waals surface area contributed by atoms with Gasteiger partial charge in [0.15, 0.2) is 5.67 Å². The molecule has 0 amide bonds. The molecule has 25 heavy (non-hydrogen) atoms. The van der Waals surface area contributed by atoms with E-state index in [1.54, 1.807) is 12.3 Å². The molecule has 0 saturated carbocycles. The van der Waals surface area contributed by atoms with Crippen LogP contribution in [0.5, 0.6) is 0 Å². The molecule has 0 bridgehead atoms. The fourth-order valence-corrected chi connectivity index (χ4v) is 3.10. The van der Waals surface area contributed by atoms with E-state index in [9.17, 15) is 0 Å². The molecule has 2 aliphatic rings. The Kier molecular flexibility index (Phi) is 6.94. The lowest BCUT2D eigenvalue weighted by atomic mass is 9.90. The lowest BCUT2D eigenvalue weighted by Gasteiger charge is -2.38. The van der Waals surface area contributed by atoms with Gasteiger partial charge in [0.25, 0.3) is 0 Å². The summed E-state index contributed by atoms with van der Waals surface area (Å²) < 4.78 is 15.2. The van der Waals surface area contributed by atoms with E-state index in [0.717, 1.165) is 31.6 Å². The third-order valence-electron chi connectivity index (χ3n) is 4.55. The fraction of sp³-hybridized carbons (Fsp3) is 0.476. The first kappa shape index (κ1) is 19.4. The highest BCUT2D eigenvalue weighted by atomic mass is 19.1. The molecule has 1 N–H and O–H groups in total. The van der Waals surface area contributed by atoms with Gasteiger partial charge in [0.1, 0.15) is 5.82 Å². The first-order valence-electron chi connectivity index (χ1n) is 9.03. The zero-order valence-electron chi connectivity index (χ0n) is 15.5. The van der Waals surface area contributed by atoms with Crippen LogP contribution in [-0.4, -0.2) is 36.4 Å². The molecule has 2 heterocycles. The summed E-state index contributed by atoms with van der Waals surface area (Å²) in [6, 6.07) is 0. The van der Waals surface area contributed by atoms with Crippen LogP contribution in [-0.2, 0) is 0 Å². The molecular formula is C21H30FN3. The number of halogens is 1. The van der Waals surface area contributed by atoms with Crippen molar-refractivity contribution in [3.63, 3.8) is 0 Å². The Morgan fingerprint density at radius 1 is 1.40 bits per heavy atom. The molecule has 0 aromatic heterocycles. The molecule has 4 heteroatoms. The zero-order chi connectivity index (χ0) is 18.3. The van der Waals surface area contributed by atoms with Crippen molar-refractivity contribution in [3.8, 4) is 0 Å². The number of nitrogens with zero attached hydrogens (tertiary/aromatic N) is 2. The quantitative estimate of drug-likeness (QED) is 0.688. The predicted molar refractivity (Wildman–Crippen MR) is 105 cm³/mol. The van der Waals surface area contributed by atoms with E-state index in [1.807, 2.05) is 24.3 Å². The summed E-state index contributed by atoms with van der Waals surface area (Å²) >= 11 is 0. The van der Waals surface area contributed by atoms with E-state index in [1.165, 1.54) is 0 Å². The molecule has 0 spiro atoms. The van der Waals surface area contributed by atoms with Gasteiger partial charge < -0.3 is 10.2 Å². The maximum Gasteiger partial charge on any atom is 0.152 e. The van der Waals surface area contributed by atoms with Gasteiger partial charge in [-0.1, -0.05) is 51.3 Å². The lowest BCUT2D eigenvalue weighted by Crippen LogP contribution is -2.46. The van der Waals surface area contributed by atoms with E-state index < -0.39 is 5.67 Å². The normalized spacial score (nSPS) is 22.4. The van der Waals surface area contributed by atoms with Gasteiger partial charge in [0.2, 0.25) is 0 Å². The minimum Gasteiger partial charge on any atom is -0.342 e. The molecule has 136 valence electrons. The number of aliphatic imine (C=N–C) groups is 1. The smallest absolute Gasteiger partial charge is 0.152 e. The number of hydrogen-bond donors (Lipinski definition) is 1. The molecule has 0 aliphatic carbocycles. The van der Waals surface area contributed by atoms with E-state index in [-0.39, 0.29) is 0 Å². The Hall–Kier alpha value is -1.94. The summed E-state index contributed by atoms with van der Waals surface area (Å²) in [5.74, 6) is 1.29. The lowest BCUT2D eigenvalue weighted by molar-refractivity contribution is 0.0775. The van der Waals surface area contributed by atoms with Gasteiger partial charge in [0, 0.05) is 31.5 Å². The van der Waals surface area contributed by atoms with Crippen molar-refractivity contribution in [2.24, 2.45) is 10.9 Å². The van der Waals surface area contributed by atoms with Crippen LogP contribution in [0.2, 0.25) is 0 Å². The molecule has 2 aliphatic heterocycles. The summed E-state index contributed by atoms with van der Waals surface area (Å²) in [7, 11) is 0. The van der Waals surface area contributed by atoms with Crippen molar-refractivity contribution in [2.75, 3.05) is 19.6 Å². The number of nitrogens with one attached hydrogen (secondary N) is 1. The minimum absolute atomic E-state index is 0.430. The summed E-state index contributed by atoms with van der Waals surface area (Å²) in [5.41, 5.74) is 0.178. The van der Waals surface area contributed by atoms with E-state index in [0.29, 0.717) is 30.3 Å². The predicted octanol–water partition coefficient (Wildman–Crippen LogP) is 4.53. The first-order valence-corrected chi connectivity index (χ1v) is 9.03. The maximum absolute atomic E-state index is 15.2. The molecular weight excluding hydrogens is 313 g/mol. The van der Waals surface area contributed by atoms with Gasteiger partial charge in [-0.05, 0) is 36.8 Å². The number of alkyl halides is 1. The van der Waals surface area contributed by atoms with Gasteiger partial charge in [-0.3, -0.25) is 0 Å². The molecule has 1 saturated heterocycles. The van der Waals surface area contributed by atoms with Gasteiger partial charge >= 0.3 is 0 Å². The number of piperidine rings is 1. The van der Waals surface area contributed by atoms with Crippen LogP contribution in [0.25, 0.3) is 0 Å². The third kappa shape index (κ3) is 5.82. The molecule has 0 unspecified atom stereocenters. The Morgan fingerprint density at radius 2 is 2.12 bits per heavy atom. The summed E-state index contributed by atoms with van der Waals surface area (Å²) in [4.78, 5) is 6.70. The SMILES string of the molecule is C=C/C=C\C=C1\C=NC(NC(=C)C2(F)CCN(CC(C)C)CC2)=CC1. The summed E-state index contributed by atoms with van der Waals surface area (Å²) in [6.45, 7) is 14.6. The molecule has 0 aromatic rings. The van der Waals surface area contributed by atoms with E-state index in [4.69, 9.17) is 0 Å². The topological polar surface area (TPSA) is 27.6 Å². The second kappa shape index (κ2) is 8.95. The summed E-state index contributed by atoms with van der Waals surface area (Å²) in [6.07, 6.45) is 13.0. The Bertz CT molecular complexity index is 603. The standard InChI is InChI=1S/C21H30FN3/c1-5-6-7-8-19-9-10-20(23-15-19)24-18(4)21(22)11-13-25(14-12-21)16-17(2)3/h5-8,10,15,17,24H,1,4,9,11-14,16H2,2-3H3/b7-6-,19-8+. The zero-order valence-corrected chi connectivity index (χ0v) is 15.5. The molecule has 0 atom stereocenters. The van der Waals surface area contributed by atoms with Gasteiger partial charge in [0.05, 0.1) is 0 Å². The third-order valence-corrected chi connectivity index (χ3v) is 4.55. The second-order valence-electron chi connectivity index (χ2n) is 7.18. The van der Waals surface area contributed by atoms with Crippen molar-refractivity contribution in [1.29, 1.82) is 0 Å². The van der Waals surface area contributed by atoms with E-state index in [2.05, 4.69) is 42.2 Å². The Balaban J connectivity index is 1.86. The molecule has 2 rings (SSSR count). The Morgan fingerprint density at radius 3 is 2.68 bits per heavy atom. The van der Waals surface area contributed by atoms with Crippen LogP contribution in [0.3, 0.4) is 0 Å². The average Bonchev–Trinajstić information content (AvgIpc) is 2.58. The summed E-state index contributed by atoms with van der Waals surface area (Å²) in [5, 5.41) is 3.09. The van der Waals surface area contributed by atoms with Crippen LogP contribution in [0.1, 0.15) is 33.1 Å². The average molecular weight is 343 g/mol. The monoisotopic (exact) mass is 343 g/mol. The molecule has 0 aromatic carbocycles. The Labute approximate surface area is 151 Å². The number of likely N-dealkylation sites (tertiary alicyclic amines) is 1. The molecule has 0 radical (unpaired) electrons.